The average molecular weight is 291 g/mol. The Hall–Kier alpha value is -2.24. The van der Waals surface area contributed by atoms with Gasteiger partial charge >= 0.3 is 0 Å². The van der Waals surface area contributed by atoms with Crippen molar-refractivity contribution in [2.75, 3.05) is 5.32 Å². The van der Waals surface area contributed by atoms with Crippen molar-refractivity contribution >= 4 is 11.6 Å². The number of aryl methyl sites for hydroxylation is 2. The van der Waals surface area contributed by atoms with E-state index in [-0.39, 0.29) is 17.7 Å². The predicted molar refractivity (Wildman–Crippen MR) is 73.9 cm³/mol. The van der Waals surface area contributed by atoms with Crippen LogP contribution in [0.15, 0.2) is 18.2 Å². The fourth-order valence-electron chi connectivity index (χ4n) is 2.58. The first-order chi connectivity index (χ1) is 9.97. The highest BCUT2D eigenvalue weighted by molar-refractivity contribution is 5.96. The molecule has 1 aliphatic rings. The molecule has 1 aliphatic carbocycles. The Kier molecular flexibility index (Phi) is 3.23. The molecular formula is C15H15F2N3O. The van der Waals surface area contributed by atoms with E-state index in [9.17, 15) is 13.6 Å². The van der Waals surface area contributed by atoms with Gasteiger partial charge in [0.25, 0.3) is 0 Å². The molecule has 1 saturated carbocycles. The molecule has 1 aromatic carbocycles. The third-order valence-electron chi connectivity index (χ3n) is 3.87. The first-order valence-electron chi connectivity index (χ1n) is 6.74. The highest BCUT2D eigenvalue weighted by atomic mass is 19.1. The molecule has 0 saturated heterocycles. The Bertz CT molecular complexity index is 691. The number of H-pyrrole nitrogens is 1. The molecule has 2 unspecified atom stereocenters. The Morgan fingerprint density at radius 3 is 2.76 bits per heavy atom. The summed E-state index contributed by atoms with van der Waals surface area (Å²) in [5.74, 6) is -1.82. The summed E-state index contributed by atoms with van der Waals surface area (Å²) in [6.07, 6.45) is 0.574. The van der Waals surface area contributed by atoms with Crippen LogP contribution in [0, 0.1) is 31.4 Å². The van der Waals surface area contributed by atoms with Crippen molar-refractivity contribution in [2.24, 2.45) is 5.92 Å². The van der Waals surface area contributed by atoms with E-state index in [2.05, 4.69) is 15.5 Å². The lowest BCUT2D eigenvalue weighted by Gasteiger charge is -2.06. The van der Waals surface area contributed by atoms with Crippen LogP contribution in [0.25, 0.3) is 0 Å². The number of hydrogen-bond donors (Lipinski definition) is 2. The van der Waals surface area contributed by atoms with Crippen LogP contribution in [-0.2, 0) is 4.79 Å². The van der Waals surface area contributed by atoms with E-state index in [1.165, 1.54) is 12.1 Å². The molecule has 1 aromatic heterocycles. The third kappa shape index (κ3) is 2.53. The van der Waals surface area contributed by atoms with Gasteiger partial charge in [-0.15, -0.1) is 0 Å². The molecule has 0 radical (unpaired) electrons. The molecule has 1 amide bonds. The van der Waals surface area contributed by atoms with Crippen molar-refractivity contribution in [1.82, 2.24) is 10.2 Å². The largest absolute Gasteiger partial charge is 0.323 e. The van der Waals surface area contributed by atoms with E-state index in [4.69, 9.17) is 0 Å². The van der Waals surface area contributed by atoms with Gasteiger partial charge in [0, 0.05) is 12.0 Å². The maximum Gasteiger partial charge on any atom is 0.228 e. The van der Waals surface area contributed by atoms with Crippen molar-refractivity contribution < 1.29 is 13.6 Å². The zero-order chi connectivity index (χ0) is 15.1. The minimum Gasteiger partial charge on any atom is -0.323 e. The second kappa shape index (κ2) is 4.95. The van der Waals surface area contributed by atoms with Crippen molar-refractivity contribution in [2.45, 2.75) is 26.2 Å². The zero-order valence-corrected chi connectivity index (χ0v) is 11.7. The molecule has 3 rings (SSSR count). The van der Waals surface area contributed by atoms with Gasteiger partial charge in [0.1, 0.15) is 11.6 Å². The van der Waals surface area contributed by atoms with Crippen LogP contribution in [0.5, 0.6) is 0 Å². The summed E-state index contributed by atoms with van der Waals surface area (Å²) < 4.78 is 26.6. The standard InChI is InChI=1S/C15H15F2N3O/c1-7-14(8(2)20-19-7)18-15(21)12-6-11(12)10-4-3-9(16)5-13(10)17/h3-5,11-12H,6H2,1-2H3,(H,18,21)(H,19,20). The summed E-state index contributed by atoms with van der Waals surface area (Å²) >= 11 is 0. The SMILES string of the molecule is Cc1n[nH]c(C)c1NC(=O)C1CC1c1ccc(F)cc1F. The molecule has 2 N–H and O–H groups in total. The number of carbonyl (C=O) groups is 1. The third-order valence-corrected chi connectivity index (χ3v) is 3.87. The van der Waals surface area contributed by atoms with Crippen LogP contribution in [0.4, 0.5) is 14.5 Å². The van der Waals surface area contributed by atoms with Crippen LogP contribution in [0.2, 0.25) is 0 Å². The fourth-order valence-corrected chi connectivity index (χ4v) is 2.58. The van der Waals surface area contributed by atoms with E-state index in [0.29, 0.717) is 23.4 Å². The Labute approximate surface area is 120 Å². The number of aromatic nitrogens is 2. The summed E-state index contributed by atoms with van der Waals surface area (Å²) in [7, 11) is 0. The number of halogens is 2. The molecule has 1 heterocycles. The lowest BCUT2D eigenvalue weighted by atomic mass is 10.1. The molecule has 21 heavy (non-hydrogen) atoms. The lowest BCUT2D eigenvalue weighted by Crippen LogP contribution is -2.15. The van der Waals surface area contributed by atoms with E-state index in [1.807, 2.05) is 6.92 Å². The fraction of sp³-hybridized carbons (Fsp3) is 0.333. The second-order valence-electron chi connectivity index (χ2n) is 5.41. The first kappa shape index (κ1) is 13.7. The minimum absolute atomic E-state index is 0.156. The number of rotatable bonds is 3. The quantitative estimate of drug-likeness (QED) is 0.913. The van der Waals surface area contributed by atoms with Gasteiger partial charge < -0.3 is 5.32 Å². The van der Waals surface area contributed by atoms with E-state index in [1.54, 1.807) is 6.92 Å². The highest BCUT2D eigenvalue weighted by Gasteiger charge is 2.45. The summed E-state index contributed by atoms with van der Waals surface area (Å²) in [6, 6.07) is 3.49. The number of amides is 1. The van der Waals surface area contributed by atoms with Gasteiger partial charge in [-0.05, 0) is 37.8 Å². The van der Waals surface area contributed by atoms with E-state index >= 15 is 0 Å². The number of nitrogens with zero attached hydrogens (tertiary/aromatic N) is 1. The predicted octanol–water partition coefficient (Wildman–Crippen LogP) is 3.05. The van der Waals surface area contributed by atoms with Gasteiger partial charge in [-0.3, -0.25) is 9.89 Å². The Morgan fingerprint density at radius 2 is 2.14 bits per heavy atom. The van der Waals surface area contributed by atoms with Gasteiger partial charge in [0.05, 0.1) is 17.1 Å². The Balaban J connectivity index is 1.71. The number of aromatic amines is 1. The highest BCUT2D eigenvalue weighted by Crippen LogP contribution is 2.49. The van der Waals surface area contributed by atoms with Crippen molar-refractivity contribution in [3.8, 4) is 0 Å². The summed E-state index contributed by atoms with van der Waals surface area (Å²) in [4.78, 5) is 12.2. The number of anilines is 1. The second-order valence-corrected chi connectivity index (χ2v) is 5.41. The van der Waals surface area contributed by atoms with E-state index in [0.717, 1.165) is 11.8 Å². The molecule has 2 aromatic rings. The van der Waals surface area contributed by atoms with Gasteiger partial charge in [0.15, 0.2) is 0 Å². The van der Waals surface area contributed by atoms with Gasteiger partial charge in [0.2, 0.25) is 5.91 Å². The van der Waals surface area contributed by atoms with Gasteiger partial charge in [-0.1, -0.05) is 6.07 Å². The van der Waals surface area contributed by atoms with Gasteiger partial charge in [-0.25, -0.2) is 8.78 Å². The van der Waals surface area contributed by atoms with Crippen molar-refractivity contribution in [1.29, 1.82) is 0 Å². The molecule has 0 bridgehead atoms. The molecule has 2 atom stereocenters. The zero-order valence-electron chi connectivity index (χ0n) is 11.7. The maximum absolute atomic E-state index is 13.7. The van der Waals surface area contributed by atoms with Crippen LogP contribution < -0.4 is 5.32 Å². The maximum atomic E-state index is 13.7. The number of nitrogens with one attached hydrogen (secondary N) is 2. The lowest BCUT2D eigenvalue weighted by molar-refractivity contribution is -0.117. The number of carbonyl (C=O) groups excluding carboxylic acids is 1. The number of hydrogen-bond acceptors (Lipinski definition) is 2. The van der Waals surface area contributed by atoms with Crippen LogP contribution >= 0.6 is 0 Å². The van der Waals surface area contributed by atoms with E-state index < -0.39 is 11.6 Å². The number of benzene rings is 1. The molecule has 0 spiro atoms. The summed E-state index contributed by atoms with van der Waals surface area (Å²) in [5, 5.41) is 9.62. The molecule has 1 fully saturated rings. The smallest absolute Gasteiger partial charge is 0.228 e. The minimum atomic E-state index is -0.609. The first-order valence-corrected chi connectivity index (χ1v) is 6.74. The molecule has 110 valence electrons. The van der Waals surface area contributed by atoms with Crippen LogP contribution in [-0.4, -0.2) is 16.1 Å². The van der Waals surface area contributed by atoms with Crippen LogP contribution in [0.3, 0.4) is 0 Å². The summed E-state index contributed by atoms with van der Waals surface area (Å²) in [5.41, 5.74) is 2.57. The monoisotopic (exact) mass is 291 g/mol. The molecule has 0 aliphatic heterocycles. The molecule has 4 nitrogen and oxygen atoms in total. The van der Waals surface area contributed by atoms with Crippen molar-refractivity contribution in [3.05, 3.63) is 46.8 Å². The normalized spacial score (nSPS) is 20.4. The van der Waals surface area contributed by atoms with Gasteiger partial charge in [-0.2, -0.15) is 5.10 Å². The Morgan fingerprint density at radius 1 is 1.38 bits per heavy atom. The molecule has 6 heteroatoms. The van der Waals surface area contributed by atoms with Crippen LogP contribution in [0.1, 0.15) is 29.3 Å². The molecular weight excluding hydrogens is 276 g/mol. The summed E-state index contributed by atoms with van der Waals surface area (Å²) in [6.45, 7) is 3.61. The average Bonchev–Trinajstić information content (AvgIpc) is 3.15. The topological polar surface area (TPSA) is 57.8 Å². The van der Waals surface area contributed by atoms with Crippen molar-refractivity contribution in [3.63, 3.8) is 0 Å².